The molecule has 0 saturated carbocycles. The summed E-state index contributed by atoms with van der Waals surface area (Å²) in [6.45, 7) is 0. The van der Waals surface area contributed by atoms with Crippen molar-refractivity contribution in [1.82, 2.24) is 0 Å². The Bertz CT molecular complexity index is 426. The Morgan fingerprint density at radius 3 is 2.79 bits per heavy atom. The van der Waals surface area contributed by atoms with E-state index in [1.54, 1.807) is 0 Å². The summed E-state index contributed by atoms with van der Waals surface area (Å²) in [7, 11) is 1.25. The van der Waals surface area contributed by atoms with Crippen LogP contribution in [0.5, 0.6) is 0 Å². The molecule has 0 aliphatic heterocycles. The van der Waals surface area contributed by atoms with Crippen molar-refractivity contribution in [2.45, 2.75) is 4.90 Å². The summed E-state index contributed by atoms with van der Waals surface area (Å²) in [5.74, 6) is -0.581. The molecule has 0 fully saturated rings. The maximum absolute atomic E-state index is 11.2. The van der Waals surface area contributed by atoms with Gasteiger partial charge in [0.05, 0.1) is 29.3 Å². The van der Waals surface area contributed by atoms with Crippen LogP contribution in [0, 0.1) is 11.3 Å². The number of carbonyl (C=O) groups excluding carboxylic acids is 1. The van der Waals surface area contributed by atoms with Crippen molar-refractivity contribution in [2.75, 3.05) is 7.11 Å². The molecule has 0 bridgehead atoms. The Morgan fingerprint density at radius 1 is 1.64 bits per heavy atom. The fourth-order valence-electron chi connectivity index (χ4n) is 0.932. The van der Waals surface area contributed by atoms with Gasteiger partial charge in [0.2, 0.25) is 0 Å². The number of halogens is 1. The minimum atomic E-state index is -0.581. The third-order valence-electron chi connectivity index (χ3n) is 1.59. The summed E-state index contributed by atoms with van der Waals surface area (Å²) in [4.78, 5) is 11.6. The van der Waals surface area contributed by atoms with Crippen molar-refractivity contribution in [3.05, 3.63) is 28.3 Å². The zero-order chi connectivity index (χ0) is 10.7. The molecule has 1 aromatic rings. The predicted molar refractivity (Wildman–Crippen MR) is 54.8 cm³/mol. The highest BCUT2D eigenvalue weighted by Gasteiger charge is 2.14. The molecule has 1 rings (SSSR count). The van der Waals surface area contributed by atoms with Gasteiger partial charge in [-0.05, 0) is 12.1 Å². The molecule has 14 heavy (non-hydrogen) atoms. The van der Waals surface area contributed by atoms with Gasteiger partial charge in [0.1, 0.15) is 0 Å². The Balaban J connectivity index is 3.36. The predicted octanol–water partition coefficient (Wildman–Crippen LogP) is 2.29. The molecule has 5 heteroatoms. The van der Waals surface area contributed by atoms with Gasteiger partial charge < -0.3 is 4.74 Å². The molecule has 72 valence electrons. The van der Waals surface area contributed by atoms with E-state index in [1.807, 2.05) is 6.07 Å². The number of hydrogen-bond donors (Lipinski definition) is 1. The standard InChI is InChI=1S/C9H6ClNO2S/c1-13-9(12)6-2-5(4-11)3-7(14)8(6)10/h2-3,14H,1H3. The molecule has 0 aromatic heterocycles. The van der Waals surface area contributed by atoms with Gasteiger partial charge in [-0.1, -0.05) is 11.6 Å². The molecule has 3 nitrogen and oxygen atoms in total. The van der Waals surface area contributed by atoms with Gasteiger partial charge >= 0.3 is 5.97 Å². The summed E-state index contributed by atoms with van der Waals surface area (Å²) in [5, 5.41) is 8.85. The highest BCUT2D eigenvalue weighted by atomic mass is 35.5. The first-order valence-electron chi connectivity index (χ1n) is 3.61. The second-order valence-corrected chi connectivity index (χ2v) is 3.32. The van der Waals surface area contributed by atoms with Crippen molar-refractivity contribution in [2.24, 2.45) is 0 Å². The first-order chi connectivity index (χ1) is 6.60. The minimum Gasteiger partial charge on any atom is -0.465 e. The van der Waals surface area contributed by atoms with Crippen molar-refractivity contribution in [3.8, 4) is 6.07 Å². The summed E-state index contributed by atoms with van der Waals surface area (Å²) >= 11 is 9.84. The van der Waals surface area contributed by atoms with E-state index in [0.717, 1.165) is 0 Å². The van der Waals surface area contributed by atoms with Crippen LogP contribution in [0.2, 0.25) is 5.02 Å². The lowest BCUT2D eigenvalue weighted by molar-refractivity contribution is 0.0600. The van der Waals surface area contributed by atoms with Gasteiger partial charge in [-0.25, -0.2) is 4.79 Å². The Kier molecular flexibility index (Phi) is 3.39. The third kappa shape index (κ3) is 2.00. The Morgan fingerprint density at radius 2 is 2.29 bits per heavy atom. The van der Waals surface area contributed by atoms with Crippen LogP contribution in [0.4, 0.5) is 0 Å². The lowest BCUT2D eigenvalue weighted by atomic mass is 10.1. The minimum absolute atomic E-state index is 0.151. The van der Waals surface area contributed by atoms with Crippen molar-refractivity contribution in [3.63, 3.8) is 0 Å². The molecule has 1 aromatic carbocycles. The van der Waals surface area contributed by atoms with Crippen LogP contribution in [0.15, 0.2) is 17.0 Å². The number of ether oxygens (including phenoxy) is 1. The maximum atomic E-state index is 11.2. The van der Waals surface area contributed by atoms with Gasteiger partial charge in [-0.15, -0.1) is 12.6 Å². The van der Waals surface area contributed by atoms with E-state index in [-0.39, 0.29) is 10.6 Å². The summed E-state index contributed by atoms with van der Waals surface area (Å²) in [6.07, 6.45) is 0. The van der Waals surface area contributed by atoms with Gasteiger partial charge in [0, 0.05) is 4.90 Å². The van der Waals surface area contributed by atoms with Gasteiger partial charge in [-0.3, -0.25) is 0 Å². The van der Waals surface area contributed by atoms with E-state index in [4.69, 9.17) is 16.9 Å². The van der Waals surface area contributed by atoms with Gasteiger partial charge in [-0.2, -0.15) is 5.26 Å². The molecular weight excluding hydrogens is 222 g/mol. The molecule has 0 spiro atoms. The summed E-state index contributed by atoms with van der Waals surface area (Å²) in [5.41, 5.74) is 0.470. The van der Waals surface area contributed by atoms with Crippen LogP contribution in [0.1, 0.15) is 15.9 Å². The maximum Gasteiger partial charge on any atom is 0.339 e. The van der Waals surface area contributed by atoms with Crippen LogP contribution in [0.3, 0.4) is 0 Å². The zero-order valence-electron chi connectivity index (χ0n) is 7.24. The molecule has 0 amide bonds. The number of esters is 1. The lowest BCUT2D eigenvalue weighted by Crippen LogP contribution is -2.03. The number of hydrogen-bond acceptors (Lipinski definition) is 4. The average Bonchev–Trinajstić information content (AvgIpc) is 2.20. The van der Waals surface area contributed by atoms with Crippen molar-refractivity contribution >= 4 is 30.2 Å². The first kappa shape index (κ1) is 10.9. The van der Waals surface area contributed by atoms with Crippen LogP contribution in [-0.4, -0.2) is 13.1 Å². The molecular formula is C9H6ClNO2S. The van der Waals surface area contributed by atoms with E-state index >= 15 is 0 Å². The van der Waals surface area contributed by atoms with Crippen LogP contribution < -0.4 is 0 Å². The number of carbonyl (C=O) groups is 1. The van der Waals surface area contributed by atoms with E-state index in [2.05, 4.69) is 17.4 Å². The fourth-order valence-corrected chi connectivity index (χ4v) is 1.38. The highest BCUT2D eigenvalue weighted by Crippen LogP contribution is 2.26. The van der Waals surface area contributed by atoms with E-state index in [9.17, 15) is 4.79 Å². The zero-order valence-corrected chi connectivity index (χ0v) is 8.89. The molecule has 0 heterocycles. The van der Waals surface area contributed by atoms with Crippen LogP contribution >= 0.6 is 24.2 Å². The average molecular weight is 228 g/mol. The normalized spacial score (nSPS) is 9.29. The monoisotopic (exact) mass is 227 g/mol. The molecule has 0 atom stereocenters. The number of benzene rings is 1. The van der Waals surface area contributed by atoms with Crippen LogP contribution in [-0.2, 0) is 4.74 Å². The first-order valence-corrected chi connectivity index (χ1v) is 4.43. The molecule has 0 N–H and O–H groups in total. The SMILES string of the molecule is COC(=O)c1cc(C#N)cc(S)c1Cl. The van der Waals surface area contributed by atoms with E-state index in [0.29, 0.717) is 10.5 Å². The van der Waals surface area contributed by atoms with Crippen LogP contribution in [0.25, 0.3) is 0 Å². The van der Waals surface area contributed by atoms with E-state index < -0.39 is 5.97 Å². The van der Waals surface area contributed by atoms with Crippen molar-refractivity contribution < 1.29 is 9.53 Å². The second-order valence-electron chi connectivity index (χ2n) is 2.46. The Hall–Kier alpha value is -1.18. The summed E-state index contributed by atoms with van der Waals surface area (Å²) < 4.78 is 4.50. The molecule has 0 unspecified atom stereocenters. The highest BCUT2D eigenvalue weighted by molar-refractivity contribution is 7.80. The quantitative estimate of drug-likeness (QED) is 0.592. The molecule has 0 aliphatic rings. The molecule has 0 radical (unpaired) electrons. The fraction of sp³-hybridized carbons (Fsp3) is 0.111. The van der Waals surface area contributed by atoms with E-state index in [1.165, 1.54) is 19.2 Å². The number of nitriles is 1. The Labute approximate surface area is 91.7 Å². The van der Waals surface area contributed by atoms with Gasteiger partial charge in [0.15, 0.2) is 0 Å². The van der Waals surface area contributed by atoms with Gasteiger partial charge in [0.25, 0.3) is 0 Å². The molecule has 0 saturated heterocycles. The number of nitrogens with zero attached hydrogens (tertiary/aromatic N) is 1. The second kappa shape index (κ2) is 4.36. The van der Waals surface area contributed by atoms with Crippen molar-refractivity contribution in [1.29, 1.82) is 5.26 Å². The summed E-state index contributed by atoms with van der Waals surface area (Å²) in [6, 6.07) is 4.75. The smallest absolute Gasteiger partial charge is 0.339 e. The number of thiol groups is 1. The lowest BCUT2D eigenvalue weighted by Gasteiger charge is -2.04. The topological polar surface area (TPSA) is 50.1 Å². The third-order valence-corrected chi connectivity index (χ3v) is 2.48. The number of methoxy groups -OCH3 is 1. The largest absolute Gasteiger partial charge is 0.465 e. The number of rotatable bonds is 1. The molecule has 0 aliphatic carbocycles.